The largest absolute Gasteiger partial charge is 0.481 e. The van der Waals surface area contributed by atoms with Crippen molar-refractivity contribution >= 4 is 23.2 Å². The SMILES string of the molecule is O=C(O)[C@@H]1CC(=O)N(Cc2cc(F)ccc2F)[C@@H]1c1cccs1. The third-order valence-electron chi connectivity index (χ3n) is 3.93. The van der Waals surface area contributed by atoms with Crippen LogP contribution in [-0.2, 0) is 16.1 Å². The molecule has 0 unspecified atom stereocenters. The molecule has 2 atom stereocenters. The number of carboxylic acid groups (broad SMARTS) is 1. The molecule has 1 N–H and O–H groups in total. The van der Waals surface area contributed by atoms with Crippen LogP contribution in [0.15, 0.2) is 35.7 Å². The van der Waals surface area contributed by atoms with Crippen LogP contribution in [0.1, 0.15) is 22.9 Å². The lowest BCUT2D eigenvalue weighted by molar-refractivity contribution is -0.142. The Morgan fingerprint density at radius 2 is 2.13 bits per heavy atom. The van der Waals surface area contributed by atoms with E-state index in [0.717, 1.165) is 23.1 Å². The minimum atomic E-state index is -1.07. The molecule has 7 heteroatoms. The van der Waals surface area contributed by atoms with Crippen LogP contribution in [-0.4, -0.2) is 21.9 Å². The summed E-state index contributed by atoms with van der Waals surface area (Å²) in [6.07, 6.45) is -0.144. The first-order valence-corrected chi connectivity index (χ1v) is 7.85. The Labute approximate surface area is 135 Å². The van der Waals surface area contributed by atoms with Gasteiger partial charge >= 0.3 is 5.97 Å². The van der Waals surface area contributed by atoms with E-state index in [4.69, 9.17) is 0 Å². The number of carbonyl (C=O) groups excluding carboxylic acids is 1. The number of rotatable bonds is 4. The van der Waals surface area contributed by atoms with E-state index in [2.05, 4.69) is 0 Å². The van der Waals surface area contributed by atoms with Gasteiger partial charge in [-0.2, -0.15) is 0 Å². The van der Waals surface area contributed by atoms with E-state index >= 15 is 0 Å². The van der Waals surface area contributed by atoms with Gasteiger partial charge in [0.25, 0.3) is 0 Å². The second-order valence-electron chi connectivity index (χ2n) is 5.37. The van der Waals surface area contributed by atoms with Crippen molar-refractivity contribution in [2.45, 2.75) is 19.0 Å². The van der Waals surface area contributed by atoms with Crippen LogP contribution in [0, 0.1) is 17.6 Å². The molecule has 1 saturated heterocycles. The van der Waals surface area contributed by atoms with Crippen LogP contribution in [0.5, 0.6) is 0 Å². The zero-order valence-corrected chi connectivity index (χ0v) is 12.7. The number of likely N-dealkylation sites (tertiary alicyclic amines) is 1. The molecule has 4 nitrogen and oxygen atoms in total. The van der Waals surface area contributed by atoms with E-state index in [1.165, 1.54) is 16.2 Å². The van der Waals surface area contributed by atoms with E-state index in [9.17, 15) is 23.5 Å². The van der Waals surface area contributed by atoms with Crippen LogP contribution in [0.2, 0.25) is 0 Å². The van der Waals surface area contributed by atoms with Gasteiger partial charge in [-0.05, 0) is 29.6 Å². The smallest absolute Gasteiger partial charge is 0.309 e. The molecule has 2 heterocycles. The van der Waals surface area contributed by atoms with Gasteiger partial charge < -0.3 is 10.0 Å². The maximum atomic E-state index is 13.9. The quantitative estimate of drug-likeness (QED) is 0.932. The molecular weight excluding hydrogens is 324 g/mol. The van der Waals surface area contributed by atoms with Crippen molar-refractivity contribution in [1.82, 2.24) is 4.90 Å². The molecule has 3 rings (SSSR count). The minimum Gasteiger partial charge on any atom is -0.481 e. The highest BCUT2D eigenvalue weighted by Crippen LogP contribution is 2.41. The Balaban J connectivity index is 1.96. The monoisotopic (exact) mass is 337 g/mol. The third kappa shape index (κ3) is 2.96. The van der Waals surface area contributed by atoms with Crippen molar-refractivity contribution in [3.8, 4) is 0 Å². The van der Waals surface area contributed by atoms with Gasteiger partial charge in [0.05, 0.1) is 12.0 Å². The van der Waals surface area contributed by atoms with Crippen molar-refractivity contribution in [3.05, 3.63) is 57.8 Å². The van der Waals surface area contributed by atoms with E-state index in [-0.39, 0.29) is 24.4 Å². The van der Waals surface area contributed by atoms with Gasteiger partial charge in [0.2, 0.25) is 5.91 Å². The Morgan fingerprint density at radius 1 is 1.35 bits per heavy atom. The number of carbonyl (C=O) groups is 2. The topological polar surface area (TPSA) is 57.6 Å². The normalized spacial score (nSPS) is 21.0. The Morgan fingerprint density at radius 3 is 2.78 bits per heavy atom. The van der Waals surface area contributed by atoms with Crippen molar-refractivity contribution < 1.29 is 23.5 Å². The summed E-state index contributed by atoms with van der Waals surface area (Å²) in [4.78, 5) is 25.8. The predicted octanol–water partition coefficient (Wildman–Crippen LogP) is 3.20. The predicted molar refractivity (Wildman–Crippen MR) is 79.7 cm³/mol. The molecule has 2 aromatic rings. The van der Waals surface area contributed by atoms with Gasteiger partial charge in [-0.15, -0.1) is 11.3 Å². The summed E-state index contributed by atoms with van der Waals surface area (Å²) in [7, 11) is 0. The molecule has 1 aliphatic heterocycles. The lowest BCUT2D eigenvalue weighted by Crippen LogP contribution is -2.30. The van der Waals surface area contributed by atoms with Crippen molar-refractivity contribution in [1.29, 1.82) is 0 Å². The highest BCUT2D eigenvalue weighted by atomic mass is 32.1. The minimum absolute atomic E-state index is 0.0333. The summed E-state index contributed by atoms with van der Waals surface area (Å²) in [6.45, 7) is -0.158. The number of hydrogen-bond donors (Lipinski definition) is 1. The fourth-order valence-corrected chi connectivity index (χ4v) is 3.76. The standard InChI is InChI=1S/C16H13F2NO3S/c17-10-3-4-12(18)9(6-10)8-19-14(20)7-11(16(21)22)15(19)13-2-1-5-23-13/h1-6,11,15H,7-8H2,(H,21,22)/t11-,15+/m1/s1. The molecule has 1 aliphatic rings. The number of hydrogen-bond acceptors (Lipinski definition) is 3. The van der Waals surface area contributed by atoms with Gasteiger partial charge in [0.15, 0.2) is 0 Å². The highest BCUT2D eigenvalue weighted by molar-refractivity contribution is 7.10. The number of thiophene rings is 1. The first-order chi connectivity index (χ1) is 11.0. The molecule has 0 spiro atoms. The van der Waals surface area contributed by atoms with Crippen LogP contribution in [0.25, 0.3) is 0 Å². The van der Waals surface area contributed by atoms with Gasteiger partial charge in [-0.1, -0.05) is 6.07 Å². The van der Waals surface area contributed by atoms with E-state index in [1.807, 2.05) is 0 Å². The molecule has 1 aromatic carbocycles. The van der Waals surface area contributed by atoms with Crippen LogP contribution in [0.4, 0.5) is 8.78 Å². The maximum Gasteiger partial charge on any atom is 0.309 e. The Bertz CT molecular complexity index is 748. The lowest BCUT2D eigenvalue weighted by atomic mass is 9.99. The van der Waals surface area contributed by atoms with Gasteiger partial charge in [-0.3, -0.25) is 9.59 Å². The molecule has 120 valence electrons. The second kappa shape index (κ2) is 6.08. The summed E-state index contributed by atoms with van der Waals surface area (Å²) in [6, 6.07) is 5.88. The summed E-state index contributed by atoms with van der Waals surface area (Å²) in [5.74, 6) is -3.56. The highest BCUT2D eigenvalue weighted by Gasteiger charge is 2.45. The number of amides is 1. The van der Waals surface area contributed by atoms with Gasteiger partial charge in [0, 0.05) is 23.4 Å². The van der Waals surface area contributed by atoms with Crippen LogP contribution in [0.3, 0.4) is 0 Å². The molecular formula is C16H13F2NO3S. The average Bonchev–Trinajstić information content (AvgIpc) is 3.11. The van der Waals surface area contributed by atoms with Crippen LogP contribution < -0.4 is 0 Å². The fraction of sp³-hybridized carbons (Fsp3) is 0.250. The molecule has 0 bridgehead atoms. The Kier molecular flexibility index (Phi) is 4.12. The molecule has 0 aliphatic carbocycles. The van der Waals surface area contributed by atoms with Crippen molar-refractivity contribution in [3.63, 3.8) is 0 Å². The summed E-state index contributed by atoms with van der Waals surface area (Å²) < 4.78 is 27.2. The second-order valence-corrected chi connectivity index (χ2v) is 6.35. The molecule has 1 amide bonds. The van der Waals surface area contributed by atoms with Gasteiger partial charge in [-0.25, -0.2) is 8.78 Å². The van der Waals surface area contributed by atoms with E-state index in [0.29, 0.717) is 0 Å². The number of halogens is 2. The number of aliphatic carboxylic acids is 1. The average molecular weight is 337 g/mol. The maximum absolute atomic E-state index is 13.9. The van der Waals surface area contributed by atoms with Crippen LogP contribution >= 0.6 is 11.3 Å². The molecule has 23 heavy (non-hydrogen) atoms. The first kappa shape index (κ1) is 15.6. The third-order valence-corrected chi connectivity index (χ3v) is 4.88. The molecule has 0 radical (unpaired) electrons. The lowest BCUT2D eigenvalue weighted by Gasteiger charge is -2.26. The first-order valence-electron chi connectivity index (χ1n) is 6.97. The number of benzene rings is 1. The van der Waals surface area contributed by atoms with E-state index in [1.54, 1.807) is 17.5 Å². The van der Waals surface area contributed by atoms with E-state index < -0.39 is 29.6 Å². The zero-order chi connectivity index (χ0) is 16.6. The van der Waals surface area contributed by atoms with Gasteiger partial charge in [0.1, 0.15) is 11.6 Å². The van der Waals surface area contributed by atoms with Crippen molar-refractivity contribution in [2.24, 2.45) is 5.92 Å². The molecule has 1 fully saturated rings. The number of carboxylic acids is 1. The molecule has 0 saturated carbocycles. The summed E-state index contributed by atoms with van der Waals surface area (Å²) in [5, 5.41) is 11.2. The molecule has 1 aromatic heterocycles. The fourth-order valence-electron chi connectivity index (χ4n) is 2.86. The zero-order valence-electron chi connectivity index (χ0n) is 11.9. The number of nitrogens with zero attached hydrogens (tertiary/aromatic N) is 1. The summed E-state index contributed by atoms with van der Waals surface area (Å²) >= 11 is 1.34. The summed E-state index contributed by atoms with van der Waals surface area (Å²) in [5.41, 5.74) is 0.0333. The Hall–Kier alpha value is -2.28. The van der Waals surface area contributed by atoms with Crippen molar-refractivity contribution in [2.75, 3.05) is 0 Å².